The van der Waals surface area contributed by atoms with E-state index in [-0.39, 0.29) is 0 Å². The van der Waals surface area contributed by atoms with Crippen LogP contribution in [0.3, 0.4) is 0 Å². The van der Waals surface area contributed by atoms with Crippen molar-refractivity contribution >= 4 is 34.1 Å². The quantitative estimate of drug-likeness (QED) is 0.196. The van der Waals surface area contributed by atoms with Crippen LogP contribution in [0.15, 0.2) is 158 Å². The van der Waals surface area contributed by atoms with Crippen molar-refractivity contribution in [3.63, 3.8) is 0 Å². The number of hydrogen-bond donors (Lipinski definition) is 0. The van der Waals surface area contributed by atoms with Crippen molar-refractivity contribution in [3.8, 4) is 11.1 Å². The summed E-state index contributed by atoms with van der Waals surface area (Å²) >= 11 is 0. The average molecular weight is 547 g/mol. The van der Waals surface area contributed by atoms with Gasteiger partial charge in [-0.1, -0.05) is 98.8 Å². The minimum absolute atomic E-state index is 1.13. The maximum Gasteiger partial charge on any atom is 0.0464 e. The zero-order chi connectivity index (χ0) is 29.3. The van der Waals surface area contributed by atoms with Crippen LogP contribution in [0.5, 0.6) is 0 Å². The molecule has 208 valence electrons. The standard InChI is InChI=1S/C38H32N2.C2H6/c1-29-11-9-17-37(27-29)39(33-13-5-3-6-14-33)35-23-19-31(20-24-35)32-21-25-36(26-22-32)40(34-15-7-4-8-16-34)38-18-10-12-30(2)28-38;1-2/h3-28H,1-2H3;1-2H3. The molecule has 0 radical (unpaired) electrons. The highest BCUT2D eigenvalue weighted by Crippen LogP contribution is 2.38. The van der Waals surface area contributed by atoms with Crippen molar-refractivity contribution in [3.05, 3.63) is 169 Å². The molecule has 0 atom stereocenters. The molecule has 0 aromatic heterocycles. The third-order valence-corrected chi connectivity index (χ3v) is 7.13. The normalized spacial score (nSPS) is 10.4. The largest absolute Gasteiger partial charge is 0.310 e. The number of aryl methyl sites for hydroxylation is 2. The van der Waals surface area contributed by atoms with Crippen LogP contribution in [0.1, 0.15) is 25.0 Å². The minimum Gasteiger partial charge on any atom is -0.310 e. The fourth-order valence-corrected chi connectivity index (χ4v) is 5.19. The SMILES string of the molecule is CC.Cc1cccc(N(c2ccccc2)c2ccc(-c3ccc(N(c4ccccc4)c4cccc(C)c4)cc3)cc2)c1. The van der Waals surface area contributed by atoms with Crippen molar-refractivity contribution in [2.45, 2.75) is 27.7 Å². The third kappa shape index (κ3) is 6.45. The van der Waals surface area contributed by atoms with Gasteiger partial charge in [-0.25, -0.2) is 0 Å². The number of benzene rings is 6. The average Bonchev–Trinajstić information content (AvgIpc) is 3.04. The van der Waals surface area contributed by atoms with Gasteiger partial charge in [0.05, 0.1) is 0 Å². The molecule has 0 saturated heterocycles. The molecule has 0 unspecified atom stereocenters. The Balaban J connectivity index is 0.00000173. The van der Waals surface area contributed by atoms with E-state index in [1.54, 1.807) is 0 Å². The van der Waals surface area contributed by atoms with Crippen molar-refractivity contribution < 1.29 is 0 Å². The zero-order valence-electron chi connectivity index (χ0n) is 24.9. The van der Waals surface area contributed by atoms with Gasteiger partial charge < -0.3 is 9.80 Å². The Morgan fingerprint density at radius 3 is 0.952 bits per heavy atom. The van der Waals surface area contributed by atoms with Crippen molar-refractivity contribution in [1.82, 2.24) is 0 Å². The van der Waals surface area contributed by atoms with Gasteiger partial charge in [0.1, 0.15) is 0 Å². The molecule has 0 N–H and O–H groups in total. The van der Waals surface area contributed by atoms with E-state index >= 15 is 0 Å². The van der Waals surface area contributed by atoms with E-state index in [1.165, 1.54) is 22.3 Å². The lowest BCUT2D eigenvalue weighted by molar-refractivity contribution is 1.27. The number of hydrogen-bond acceptors (Lipinski definition) is 2. The fourth-order valence-electron chi connectivity index (χ4n) is 5.19. The van der Waals surface area contributed by atoms with E-state index in [2.05, 4.69) is 181 Å². The van der Waals surface area contributed by atoms with Gasteiger partial charge in [-0.2, -0.15) is 0 Å². The molecule has 0 amide bonds. The van der Waals surface area contributed by atoms with E-state index in [4.69, 9.17) is 0 Å². The molecule has 2 nitrogen and oxygen atoms in total. The van der Waals surface area contributed by atoms with Crippen LogP contribution in [0.2, 0.25) is 0 Å². The summed E-state index contributed by atoms with van der Waals surface area (Å²) in [4.78, 5) is 4.61. The molecular weight excluding hydrogens is 508 g/mol. The van der Waals surface area contributed by atoms with Gasteiger partial charge in [-0.3, -0.25) is 0 Å². The van der Waals surface area contributed by atoms with Gasteiger partial charge in [-0.05, 0) is 109 Å². The summed E-state index contributed by atoms with van der Waals surface area (Å²) in [5, 5.41) is 0. The lowest BCUT2D eigenvalue weighted by Crippen LogP contribution is -2.10. The minimum atomic E-state index is 1.13. The molecule has 6 rings (SSSR count). The van der Waals surface area contributed by atoms with Crippen molar-refractivity contribution in [1.29, 1.82) is 0 Å². The zero-order valence-corrected chi connectivity index (χ0v) is 24.9. The van der Waals surface area contributed by atoms with E-state index in [9.17, 15) is 0 Å². The molecule has 42 heavy (non-hydrogen) atoms. The summed E-state index contributed by atoms with van der Waals surface area (Å²) in [5.41, 5.74) is 11.7. The van der Waals surface area contributed by atoms with Gasteiger partial charge in [0.2, 0.25) is 0 Å². The summed E-state index contributed by atoms with van der Waals surface area (Å²) in [7, 11) is 0. The Morgan fingerprint density at radius 2 is 0.619 bits per heavy atom. The molecule has 0 spiro atoms. The van der Waals surface area contributed by atoms with Gasteiger partial charge in [0, 0.05) is 34.1 Å². The van der Waals surface area contributed by atoms with Gasteiger partial charge in [-0.15, -0.1) is 0 Å². The maximum absolute atomic E-state index is 2.31. The highest BCUT2D eigenvalue weighted by Gasteiger charge is 2.14. The fraction of sp³-hybridized carbons (Fsp3) is 0.100. The van der Waals surface area contributed by atoms with E-state index in [0.717, 1.165) is 34.1 Å². The first kappa shape index (κ1) is 28.4. The summed E-state index contributed by atoms with van der Waals surface area (Å²) in [6.45, 7) is 8.27. The van der Waals surface area contributed by atoms with Crippen molar-refractivity contribution in [2.75, 3.05) is 9.80 Å². The lowest BCUT2D eigenvalue weighted by atomic mass is 10.0. The van der Waals surface area contributed by atoms with E-state index < -0.39 is 0 Å². The Labute approximate surface area is 251 Å². The first-order chi connectivity index (χ1) is 20.7. The van der Waals surface area contributed by atoms with Crippen LogP contribution in [-0.2, 0) is 0 Å². The Hall–Kier alpha value is -5.08. The van der Waals surface area contributed by atoms with Crippen LogP contribution in [-0.4, -0.2) is 0 Å². The molecule has 2 heteroatoms. The van der Waals surface area contributed by atoms with Gasteiger partial charge in [0.15, 0.2) is 0 Å². The molecule has 0 aliphatic rings. The highest BCUT2D eigenvalue weighted by atomic mass is 15.1. The van der Waals surface area contributed by atoms with E-state index in [1.807, 2.05) is 13.8 Å². The Bertz CT molecular complexity index is 1560. The number of para-hydroxylation sites is 2. The molecule has 0 aliphatic heterocycles. The second kappa shape index (κ2) is 13.5. The van der Waals surface area contributed by atoms with Crippen LogP contribution < -0.4 is 9.80 Å². The van der Waals surface area contributed by atoms with Gasteiger partial charge >= 0.3 is 0 Å². The first-order valence-electron chi connectivity index (χ1n) is 14.7. The monoisotopic (exact) mass is 546 g/mol. The Kier molecular flexibility index (Phi) is 9.16. The second-order valence-corrected chi connectivity index (χ2v) is 10.1. The topological polar surface area (TPSA) is 6.48 Å². The van der Waals surface area contributed by atoms with Crippen LogP contribution in [0, 0.1) is 13.8 Å². The molecular formula is C40H38N2. The van der Waals surface area contributed by atoms with E-state index in [0.29, 0.717) is 0 Å². The number of rotatable bonds is 7. The first-order valence-corrected chi connectivity index (χ1v) is 14.7. The van der Waals surface area contributed by atoms with Crippen LogP contribution >= 0.6 is 0 Å². The predicted octanol–water partition coefficient (Wildman–Crippen LogP) is 11.9. The summed E-state index contributed by atoms with van der Waals surface area (Å²) in [6.07, 6.45) is 0. The molecule has 0 fully saturated rings. The van der Waals surface area contributed by atoms with Crippen LogP contribution in [0.25, 0.3) is 11.1 Å². The summed E-state index contributed by atoms with van der Waals surface area (Å²) in [6, 6.07) is 56.1. The maximum atomic E-state index is 2.31. The molecule has 0 bridgehead atoms. The molecule has 6 aromatic rings. The molecule has 0 aliphatic carbocycles. The molecule has 0 heterocycles. The number of nitrogens with zero attached hydrogens (tertiary/aromatic N) is 2. The number of anilines is 6. The molecule has 0 saturated carbocycles. The Morgan fingerprint density at radius 1 is 0.310 bits per heavy atom. The highest BCUT2D eigenvalue weighted by molar-refractivity contribution is 5.80. The smallest absolute Gasteiger partial charge is 0.0464 e. The summed E-state index contributed by atoms with van der Waals surface area (Å²) in [5.74, 6) is 0. The summed E-state index contributed by atoms with van der Waals surface area (Å²) < 4.78 is 0. The predicted molar refractivity (Wildman–Crippen MR) is 182 cm³/mol. The second-order valence-electron chi connectivity index (χ2n) is 10.1. The van der Waals surface area contributed by atoms with Crippen LogP contribution in [0.4, 0.5) is 34.1 Å². The van der Waals surface area contributed by atoms with Gasteiger partial charge in [0.25, 0.3) is 0 Å². The van der Waals surface area contributed by atoms with Crippen molar-refractivity contribution in [2.24, 2.45) is 0 Å². The lowest BCUT2D eigenvalue weighted by Gasteiger charge is -2.26. The molecule has 6 aromatic carbocycles. The third-order valence-electron chi connectivity index (χ3n) is 7.13.